The zero-order valence-electron chi connectivity index (χ0n) is 17.8. The van der Waals surface area contributed by atoms with Crippen molar-refractivity contribution in [3.63, 3.8) is 0 Å². The Balaban J connectivity index is 1.59. The fraction of sp³-hybridized carbons (Fsp3) is 0.476. The van der Waals surface area contributed by atoms with Crippen LogP contribution in [0.25, 0.3) is 10.9 Å². The highest BCUT2D eigenvalue weighted by molar-refractivity contribution is 5.83. The summed E-state index contributed by atoms with van der Waals surface area (Å²) in [6.07, 6.45) is 3.61. The maximum Gasteiger partial charge on any atom is 0.191 e. The minimum absolute atomic E-state index is 0.237. The molecule has 3 N–H and O–H groups in total. The number of benzene rings is 1. The highest BCUT2D eigenvalue weighted by atomic mass is 19.1. The van der Waals surface area contributed by atoms with Gasteiger partial charge in [0.15, 0.2) is 11.8 Å². The van der Waals surface area contributed by atoms with Gasteiger partial charge in [0.2, 0.25) is 0 Å². The number of nitrogens with one attached hydrogen (secondary N) is 3. The summed E-state index contributed by atoms with van der Waals surface area (Å²) in [6.45, 7) is 7.23. The first-order valence-electron chi connectivity index (χ1n) is 10.3. The van der Waals surface area contributed by atoms with Crippen LogP contribution < -0.4 is 10.6 Å². The van der Waals surface area contributed by atoms with E-state index < -0.39 is 0 Å². The van der Waals surface area contributed by atoms with E-state index in [1.165, 1.54) is 12.1 Å². The van der Waals surface area contributed by atoms with Crippen molar-refractivity contribution < 1.29 is 9.13 Å². The van der Waals surface area contributed by atoms with E-state index in [-0.39, 0.29) is 5.82 Å². The number of ether oxygens (including phenoxy) is 1. The van der Waals surface area contributed by atoms with E-state index in [4.69, 9.17) is 4.74 Å². The summed E-state index contributed by atoms with van der Waals surface area (Å²) in [5, 5.41) is 16.0. The van der Waals surface area contributed by atoms with Gasteiger partial charge >= 0.3 is 0 Å². The Labute approximate surface area is 175 Å². The molecule has 3 aromatic rings. The van der Waals surface area contributed by atoms with Gasteiger partial charge in [0, 0.05) is 50.5 Å². The fourth-order valence-electron chi connectivity index (χ4n) is 3.12. The molecule has 0 radical (unpaired) electrons. The minimum atomic E-state index is -0.237. The quantitative estimate of drug-likeness (QED) is 0.269. The maximum atomic E-state index is 13.4. The zero-order chi connectivity index (χ0) is 21.3. The minimum Gasteiger partial charge on any atom is -0.382 e. The number of aromatic amines is 1. The van der Waals surface area contributed by atoms with Crippen LogP contribution in [0.4, 0.5) is 4.39 Å². The first kappa shape index (κ1) is 21.8. The number of hydrogen-bond donors (Lipinski definition) is 3. The number of aliphatic imine (C=N–C) groups is 1. The van der Waals surface area contributed by atoms with Crippen LogP contribution in [0.15, 0.2) is 29.4 Å². The lowest BCUT2D eigenvalue weighted by atomic mass is 10.1. The number of nitrogens with zero attached hydrogens (tertiary/aromatic N) is 4. The van der Waals surface area contributed by atoms with E-state index in [0.717, 1.165) is 60.1 Å². The van der Waals surface area contributed by atoms with Crippen molar-refractivity contribution in [2.75, 3.05) is 26.3 Å². The molecule has 2 heterocycles. The molecular formula is C21H30FN7O. The summed E-state index contributed by atoms with van der Waals surface area (Å²) in [5.41, 5.74) is 1.95. The predicted molar refractivity (Wildman–Crippen MR) is 116 cm³/mol. The molecule has 0 aliphatic heterocycles. The van der Waals surface area contributed by atoms with Crippen LogP contribution in [-0.2, 0) is 24.8 Å². The number of aromatic nitrogens is 4. The van der Waals surface area contributed by atoms with E-state index in [1.807, 2.05) is 37.7 Å². The average molecular weight is 416 g/mol. The number of guanidine groups is 1. The van der Waals surface area contributed by atoms with Crippen molar-refractivity contribution in [1.29, 1.82) is 0 Å². The second-order valence-corrected chi connectivity index (χ2v) is 7.05. The van der Waals surface area contributed by atoms with Crippen molar-refractivity contribution in [3.05, 3.63) is 47.4 Å². The number of fused-ring (bicyclic) bond motifs is 1. The molecule has 162 valence electrons. The molecule has 9 heteroatoms. The molecule has 0 aliphatic rings. The molecule has 0 bridgehead atoms. The Morgan fingerprint density at radius 1 is 1.27 bits per heavy atom. The van der Waals surface area contributed by atoms with Gasteiger partial charge in [0.25, 0.3) is 0 Å². The third kappa shape index (κ3) is 5.79. The van der Waals surface area contributed by atoms with Crippen molar-refractivity contribution in [1.82, 2.24) is 30.4 Å². The Morgan fingerprint density at radius 3 is 2.87 bits per heavy atom. The number of halogens is 1. The summed E-state index contributed by atoms with van der Waals surface area (Å²) in [5.74, 6) is 2.15. The van der Waals surface area contributed by atoms with E-state index in [2.05, 4.69) is 30.8 Å². The molecule has 3 rings (SSSR count). The van der Waals surface area contributed by atoms with E-state index >= 15 is 0 Å². The van der Waals surface area contributed by atoms with Crippen LogP contribution in [0.3, 0.4) is 0 Å². The molecule has 0 amide bonds. The first-order chi connectivity index (χ1) is 14.6. The van der Waals surface area contributed by atoms with Crippen molar-refractivity contribution in [3.8, 4) is 0 Å². The monoisotopic (exact) mass is 415 g/mol. The Bertz CT molecular complexity index is 979. The zero-order valence-corrected chi connectivity index (χ0v) is 17.8. The van der Waals surface area contributed by atoms with E-state index in [1.54, 1.807) is 0 Å². The van der Waals surface area contributed by atoms with Gasteiger partial charge in [-0.15, -0.1) is 10.2 Å². The Kier molecular flexibility index (Phi) is 7.78. The molecular weight excluding hydrogens is 385 g/mol. The van der Waals surface area contributed by atoms with Gasteiger partial charge in [-0.2, -0.15) is 0 Å². The average Bonchev–Trinajstić information content (AvgIpc) is 3.28. The third-order valence-corrected chi connectivity index (χ3v) is 4.94. The van der Waals surface area contributed by atoms with Crippen molar-refractivity contribution >= 4 is 16.9 Å². The fourth-order valence-corrected chi connectivity index (χ4v) is 3.12. The van der Waals surface area contributed by atoms with Crippen LogP contribution in [0, 0.1) is 12.7 Å². The lowest BCUT2D eigenvalue weighted by molar-refractivity contribution is 0.145. The van der Waals surface area contributed by atoms with Gasteiger partial charge < -0.3 is 24.9 Å². The predicted octanol–water partition coefficient (Wildman–Crippen LogP) is 2.45. The molecule has 30 heavy (non-hydrogen) atoms. The number of aryl methyl sites for hydroxylation is 1. The number of hydrogen-bond acceptors (Lipinski definition) is 4. The molecule has 2 aromatic heterocycles. The highest BCUT2D eigenvalue weighted by Gasteiger charge is 2.07. The molecule has 0 aliphatic carbocycles. The summed E-state index contributed by atoms with van der Waals surface area (Å²) >= 11 is 0. The van der Waals surface area contributed by atoms with Crippen LogP contribution in [0.2, 0.25) is 0 Å². The second kappa shape index (κ2) is 10.7. The van der Waals surface area contributed by atoms with Crippen molar-refractivity contribution in [2.24, 2.45) is 12.0 Å². The molecule has 0 unspecified atom stereocenters. The van der Waals surface area contributed by atoms with Gasteiger partial charge in [-0.1, -0.05) is 0 Å². The van der Waals surface area contributed by atoms with Gasteiger partial charge in [-0.05, 0) is 50.5 Å². The van der Waals surface area contributed by atoms with Crippen LogP contribution in [0.1, 0.15) is 30.6 Å². The number of H-pyrrole nitrogens is 1. The maximum absolute atomic E-state index is 13.4. The smallest absolute Gasteiger partial charge is 0.191 e. The Hall–Kier alpha value is -2.94. The lowest BCUT2D eigenvalue weighted by Gasteiger charge is -2.12. The SMILES string of the molecule is CCOCCCNC(=NCc1nnc(C)n1C)NCCc1c[nH]c2cc(F)ccc12. The Morgan fingerprint density at radius 2 is 2.10 bits per heavy atom. The molecule has 8 nitrogen and oxygen atoms in total. The summed E-state index contributed by atoms with van der Waals surface area (Å²) in [7, 11) is 1.93. The van der Waals surface area contributed by atoms with Gasteiger partial charge in [-0.25, -0.2) is 9.38 Å². The van der Waals surface area contributed by atoms with Crippen LogP contribution in [0.5, 0.6) is 0 Å². The van der Waals surface area contributed by atoms with Crippen LogP contribution in [-0.4, -0.2) is 52.0 Å². The standard InChI is InChI=1S/C21H30FN7O/c1-4-30-11-5-9-23-21(26-14-20-28-27-15(2)29(20)3)24-10-8-16-13-25-19-12-17(22)6-7-18(16)19/h6-7,12-13,25H,4-5,8-11,14H2,1-3H3,(H2,23,24,26). The molecule has 0 saturated carbocycles. The summed E-state index contributed by atoms with van der Waals surface area (Å²) < 4.78 is 20.7. The van der Waals surface area contributed by atoms with Crippen molar-refractivity contribution in [2.45, 2.75) is 33.2 Å². The first-order valence-corrected chi connectivity index (χ1v) is 10.3. The third-order valence-electron chi connectivity index (χ3n) is 4.94. The molecule has 0 spiro atoms. The second-order valence-electron chi connectivity index (χ2n) is 7.05. The molecule has 0 saturated heterocycles. The topological polar surface area (TPSA) is 92.2 Å². The lowest BCUT2D eigenvalue weighted by Crippen LogP contribution is -2.39. The largest absolute Gasteiger partial charge is 0.382 e. The van der Waals surface area contributed by atoms with Gasteiger partial charge in [0.1, 0.15) is 18.2 Å². The molecule has 0 fully saturated rings. The summed E-state index contributed by atoms with van der Waals surface area (Å²) in [6, 6.07) is 4.82. The highest BCUT2D eigenvalue weighted by Crippen LogP contribution is 2.19. The van der Waals surface area contributed by atoms with Gasteiger partial charge in [0.05, 0.1) is 0 Å². The molecule has 0 atom stereocenters. The van der Waals surface area contributed by atoms with Crippen LogP contribution >= 0.6 is 0 Å². The van der Waals surface area contributed by atoms with Gasteiger partial charge in [-0.3, -0.25) is 0 Å². The molecule has 1 aromatic carbocycles. The van der Waals surface area contributed by atoms with E-state index in [9.17, 15) is 4.39 Å². The normalized spacial score (nSPS) is 11.9. The van der Waals surface area contributed by atoms with E-state index in [0.29, 0.717) is 19.7 Å². The summed E-state index contributed by atoms with van der Waals surface area (Å²) in [4.78, 5) is 7.78. The number of rotatable bonds is 10.